The number of halogens is 6. The molecular formula is C12H13F6NO3S-2. The van der Waals surface area contributed by atoms with Gasteiger partial charge < -0.3 is 9.87 Å². The van der Waals surface area contributed by atoms with Crippen LogP contribution in [0.3, 0.4) is 0 Å². The Labute approximate surface area is 129 Å². The Morgan fingerprint density at radius 1 is 1.00 bits per heavy atom. The summed E-state index contributed by atoms with van der Waals surface area (Å²) in [6, 6.07) is 0.750. The molecule has 1 aromatic carbocycles. The molecule has 1 atom stereocenters. The van der Waals surface area contributed by atoms with Gasteiger partial charge in [-0.25, -0.2) is 8.42 Å². The smallest absolute Gasteiger partial charge is 0.416 e. The van der Waals surface area contributed by atoms with Crippen LogP contribution in [0.2, 0.25) is 0 Å². The van der Waals surface area contributed by atoms with Gasteiger partial charge in [0.15, 0.2) is 0 Å². The molecule has 0 bridgehead atoms. The Balaban J connectivity index is 0.000000841. The van der Waals surface area contributed by atoms with Crippen LogP contribution in [0.1, 0.15) is 29.7 Å². The molecule has 0 aliphatic rings. The summed E-state index contributed by atoms with van der Waals surface area (Å²) in [6.45, 7) is 1.43. The topological polar surface area (TPSA) is 71.3 Å². The van der Waals surface area contributed by atoms with Gasteiger partial charge in [-0.15, -0.1) is 6.04 Å². The molecule has 23 heavy (non-hydrogen) atoms. The maximum Gasteiger partial charge on any atom is 0.416 e. The molecule has 0 spiro atoms. The van der Waals surface area contributed by atoms with E-state index in [0.717, 1.165) is 0 Å². The van der Waals surface area contributed by atoms with Gasteiger partial charge in [-0.05, 0) is 18.2 Å². The van der Waals surface area contributed by atoms with Crippen LogP contribution in [-0.2, 0) is 22.5 Å². The third-order valence-electron chi connectivity index (χ3n) is 2.48. The van der Waals surface area contributed by atoms with Crippen LogP contribution in [0, 0.1) is 0 Å². The number of hydrogen-bond donors (Lipinski definition) is 0. The molecule has 0 aliphatic heterocycles. The first-order chi connectivity index (χ1) is 10.1. The molecule has 0 amide bonds. The van der Waals surface area contributed by atoms with Crippen molar-refractivity contribution in [3.05, 3.63) is 40.2 Å². The number of hydrogen-bond acceptors (Lipinski definition) is 3. The van der Waals surface area contributed by atoms with Crippen molar-refractivity contribution >= 4 is 10.1 Å². The zero-order valence-electron chi connectivity index (χ0n) is 12.2. The average molecular weight is 365 g/mol. The molecule has 0 N–H and O–H groups in total. The van der Waals surface area contributed by atoms with E-state index in [-0.39, 0.29) is 11.6 Å². The lowest BCUT2D eigenvalue weighted by Gasteiger charge is -2.25. The highest BCUT2D eigenvalue weighted by molar-refractivity contribution is 7.84. The van der Waals surface area contributed by atoms with E-state index >= 15 is 0 Å². The minimum atomic E-state index is -4.82. The molecule has 4 nitrogen and oxygen atoms in total. The molecule has 0 heterocycles. The average Bonchev–Trinajstić information content (AvgIpc) is 2.33. The molecule has 0 saturated heterocycles. The monoisotopic (exact) mass is 365 g/mol. The van der Waals surface area contributed by atoms with Gasteiger partial charge in [0.2, 0.25) is 0 Å². The molecule has 0 radical (unpaired) electrons. The highest BCUT2D eigenvalue weighted by Gasteiger charge is 2.36. The SMILES string of the molecule is CS(=O)(=O)[O-].C[N-][C@H](C)c1cc(C(F)(F)F)cc(C(F)(F)F)c1. The highest BCUT2D eigenvalue weighted by atomic mass is 32.2. The zero-order valence-corrected chi connectivity index (χ0v) is 13.0. The van der Waals surface area contributed by atoms with Crippen LogP contribution in [0.25, 0.3) is 5.32 Å². The van der Waals surface area contributed by atoms with E-state index in [1.807, 2.05) is 0 Å². The lowest BCUT2D eigenvalue weighted by molar-refractivity contribution is -0.143. The van der Waals surface area contributed by atoms with Crippen molar-refractivity contribution in [1.82, 2.24) is 0 Å². The first-order valence-corrected chi connectivity index (χ1v) is 7.66. The number of nitrogens with zero attached hydrogens (tertiary/aromatic N) is 1. The van der Waals surface area contributed by atoms with Crippen LogP contribution in [0.15, 0.2) is 18.2 Å². The van der Waals surface area contributed by atoms with Gasteiger partial charge >= 0.3 is 12.4 Å². The molecule has 11 heteroatoms. The predicted molar refractivity (Wildman–Crippen MR) is 69.8 cm³/mol. The van der Waals surface area contributed by atoms with Crippen LogP contribution in [0.5, 0.6) is 0 Å². The maximum absolute atomic E-state index is 12.5. The third-order valence-corrected chi connectivity index (χ3v) is 2.48. The fourth-order valence-corrected chi connectivity index (χ4v) is 1.37. The molecule has 0 saturated carbocycles. The van der Waals surface area contributed by atoms with E-state index < -0.39 is 39.6 Å². The summed E-state index contributed by atoms with van der Waals surface area (Å²) in [5, 5.41) is 3.67. The van der Waals surface area contributed by atoms with E-state index in [0.29, 0.717) is 18.4 Å². The van der Waals surface area contributed by atoms with Gasteiger partial charge in [-0.3, -0.25) is 0 Å². The molecule has 1 aromatic rings. The molecule has 134 valence electrons. The minimum absolute atomic E-state index is 0.103. The third kappa shape index (κ3) is 8.77. The first kappa shape index (κ1) is 21.7. The Morgan fingerprint density at radius 3 is 1.52 bits per heavy atom. The number of alkyl halides is 6. The van der Waals surface area contributed by atoms with E-state index in [1.165, 1.54) is 14.0 Å². The maximum atomic E-state index is 12.5. The summed E-state index contributed by atoms with van der Waals surface area (Å²) in [7, 11) is -2.59. The summed E-state index contributed by atoms with van der Waals surface area (Å²) in [5.74, 6) is 0. The second kappa shape index (κ2) is 7.49. The normalized spacial score (nSPS) is 14.0. The van der Waals surface area contributed by atoms with Crippen LogP contribution >= 0.6 is 0 Å². The Bertz CT molecular complexity index is 584. The van der Waals surface area contributed by atoms with Crippen molar-refractivity contribution in [1.29, 1.82) is 0 Å². The largest absolute Gasteiger partial charge is 0.748 e. The van der Waals surface area contributed by atoms with Crippen molar-refractivity contribution in [2.75, 3.05) is 13.3 Å². The van der Waals surface area contributed by atoms with Crippen LogP contribution in [0.4, 0.5) is 26.3 Å². The van der Waals surface area contributed by atoms with E-state index in [1.54, 1.807) is 0 Å². The number of rotatable bonds is 2. The van der Waals surface area contributed by atoms with Crippen LogP contribution in [-0.4, -0.2) is 26.3 Å². The zero-order chi connectivity index (χ0) is 18.6. The van der Waals surface area contributed by atoms with Gasteiger partial charge in [0, 0.05) is 6.26 Å². The minimum Gasteiger partial charge on any atom is -0.748 e. The molecule has 0 unspecified atom stereocenters. The van der Waals surface area contributed by atoms with E-state index in [2.05, 4.69) is 5.32 Å². The van der Waals surface area contributed by atoms with Crippen LogP contribution < -0.4 is 0 Å². The standard InChI is InChI=1S/C11H10F6N.CH4O3S/c1-6(18-2)7-3-8(10(12,13)14)5-9(4-7)11(15,16)17;1-5(2,3)4/h3-6H,1-2H3;1H3,(H,2,3,4)/q-1;/p-1/t6-;/m1./s1. The van der Waals surface area contributed by atoms with Crippen molar-refractivity contribution in [3.63, 3.8) is 0 Å². The molecule has 0 aromatic heterocycles. The van der Waals surface area contributed by atoms with Crippen molar-refractivity contribution in [2.24, 2.45) is 0 Å². The quantitative estimate of drug-likeness (QED) is 0.588. The molecule has 0 fully saturated rings. The summed E-state index contributed by atoms with van der Waals surface area (Å²) in [6.07, 6.45) is -9.03. The van der Waals surface area contributed by atoms with Gasteiger partial charge in [-0.2, -0.15) is 33.4 Å². The summed E-state index contributed by atoms with van der Waals surface area (Å²) in [5.41, 5.74) is -2.75. The second-order valence-corrected chi connectivity index (χ2v) is 5.89. The Kier molecular flexibility index (Phi) is 7.06. The Morgan fingerprint density at radius 2 is 1.30 bits per heavy atom. The predicted octanol–water partition coefficient (Wildman–Crippen LogP) is 3.95. The van der Waals surface area contributed by atoms with Gasteiger partial charge in [0.25, 0.3) is 0 Å². The van der Waals surface area contributed by atoms with E-state index in [4.69, 9.17) is 13.0 Å². The van der Waals surface area contributed by atoms with Crippen molar-refractivity contribution in [2.45, 2.75) is 25.3 Å². The number of benzene rings is 1. The molecule has 1 rings (SSSR count). The highest BCUT2D eigenvalue weighted by Crippen LogP contribution is 2.38. The molecular weight excluding hydrogens is 352 g/mol. The fraction of sp³-hybridized carbons (Fsp3) is 0.500. The van der Waals surface area contributed by atoms with Gasteiger partial charge in [0.05, 0.1) is 21.2 Å². The van der Waals surface area contributed by atoms with Crippen molar-refractivity contribution in [3.8, 4) is 0 Å². The second-order valence-electron chi connectivity index (χ2n) is 4.48. The van der Waals surface area contributed by atoms with Crippen molar-refractivity contribution < 1.29 is 39.3 Å². The van der Waals surface area contributed by atoms with E-state index in [9.17, 15) is 26.3 Å². The summed E-state index contributed by atoms with van der Waals surface area (Å²) in [4.78, 5) is 0. The fourth-order valence-electron chi connectivity index (χ4n) is 1.37. The lowest BCUT2D eigenvalue weighted by Crippen LogP contribution is -2.12. The Hall–Kier alpha value is -1.33. The van der Waals surface area contributed by atoms with Gasteiger partial charge in [0.1, 0.15) is 0 Å². The lowest BCUT2D eigenvalue weighted by atomic mass is 10.0. The molecule has 0 aliphatic carbocycles. The summed E-state index contributed by atoms with van der Waals surface area (Å²) >= 11 is 0. The van der Waals surface area contributed by atoms with Gasteiger partial charge in [-0.1, -0.05) is 12.5 Å². The summed E-state index contributed by atoms with van der Waals surface area (Å²) < 4.78 is 102. The first-order valence-electron chi connectivity index (χ1n) is 5.85.